The SMILES string of the molecule is CC(C)OC(=O)[C@H](C)NP(CC[C@@]1(F)O[C@H](n2cc(Br)c(=O)[nH]c2=O)[C@](C)(F)[C@@H]1O)Oc1ccc2ccccc2c1. The summed E-state index contributed by atoms with van der Waals surface area (Å²) in [6.07, 6.45) is -4.24. The average Bonchev–Trinajstić information content (AvgIpc) is 3.09. The van der Waals surface area contributed by atoms with Crippen LogP contribution in [0.2, 0.25) is 0 Å². The van der Waals surface area contributed by atoms with E-state index in [-0.39, 0.29) is 16.7 Å². The number of fused-ring (bicyclic) bond motifs is 1. The maximum atomic E-state index is 16.1. The number of carbonyl (C=O) groups excluding carboxylic acids is 1. The summed E-state index contributed by atoms with van der Waals surface area (Å²) in [5, 5.41) is 15.6. The zero-order valence-electron chi connectivity index (χ0n) is 22.8. The molecule has 3 N–H and O–H groups in total. The Bertz CT molecular complexity index is 1530. The van der Waals surface area contributed by atoms with Crippen molar-refractivity contribution in [2.24, 2.45) is 0 Å². The Morgan fingerprint density at radius 1 is 1.22 bits per heavy atom. The van der Waals surface area contributed by atoms with Gasteiger partial charge in [0.1, 0.15) is 11.8 Å². The molecule has 14 heteroatoms. The van der Waals surface area contributed by atoms with Crippen molar-refractivity contribution in [3.63, 3.8) is 0 Å². The van der Waals surface area contributed by atoms with Crippen LogP contribution in [0.4, 0.5) is 8.78 Å². The van der Waals surface area contributed by atoms with Crippen LogP contribution in [0.25, 0.3) is 10.8 Å². The van der Waals surface area contributed by atoms with Gasteiger partial charge >= 0.3 is 11.7 Å². The summed E-state index contributed by atoms with van der Waals surface area (Å²) in [5.41, 5.74) is -4.55. The molecule has 1 aliphatic heterocycles. The van der Waals surface area contributed by atoms with Gasteiger partial charge in [-0.2, -0.15) is 0 Å². The molecule has 2 aromatic carbocycles. The van der Waals surface area contributed by atoms with Gasteiger partial charge in [-0.25, -0.2) is 13.6 Å². The average molecular weight is 658 g/mol. The number of rotatable bonds is 10. The summed E-state index contributed by atoms with van der Waals surface area (Å²) in [5.74, 6) is -3.03. The van der Waals surface area contributed by atoms with Crippen LogP contribution in [0, 0.1) is 0 Å². The number of alkyl halides is 2. The number of halogens is 3. The summed E-state index contributed by atoms with van der Waals surface area (Å²) in [4.78, 5) is 38.6. The van der Waals surface area contributed by atoms with Crippen molar-refractivity contribution in [2.45, 2.75) is 70.1 Å². The summed E-state index contributed by atoms with van der Waals surface area (Å²) in [6.45, 7) is 5.90. The van der Waals surface area contributed by atoms with Crippen LogP contribution in [-0.4, -0.2) is 56.6 Å². The fourth-order valence-corrected chi connectivity index (χ4v) is 6.43. The molecule has 2 heterocycles. The fourth-order valence-electron chi connectivity index (χ4n) is 4.43. The number of aliphatic hydroxyl groups is 1. The van der Waals surface area contributed by atoms with Crippen LogP contribution >= 0.6 is 24.2 Å². The summed E-state index contributed by atoms with van der Waals surface area (Å²) < 4.78 is 49.2. The Morgan fingerprint density at radius 3 is 2.59 bits per heavy atom. The Labute approximate surface area is 244 Å². The molecular weight excluding hydrogens is 627 g/mol. The highest BCUT2D eigenvalue weighted by atomic mass is 79.9. The van der Waals surface area contributed by atoms with Crippen LogP contribution in [0.5, 0.6) is 5.75 Å². The van der Waals surface area contributed by atoms with Gasteiger partial charge in [0, 0.05) is 18.8 Å². The third-order valence-electron chi connectivity index (χ3n) is 6.55. The van der Waals surface area contributed by atoms with Crippen LogP contribution in [0.1, 0.15) is 40.3 Å². The standard InChI is InChI=1S/C27H31BrF2N3O7P/c1-15(2)38-22(35)16(3)32-41(40-19-10-9-17-7-5-6-8-18(17)13-19)12-11-27(30)23(36)26(4,29)24(39-27)33-14-20(28)21(34)31-25(33)37/h5-10,13-16,23-24,32,36H,11-12H2,1-4H3,(H,31,34,37)/t16-,23-,24-,26+,27+,41?/m0/s1. The van der Waals surface area contributed by atoms with Crippen molar-refractivity contribution in [1.82, 2.24) is 14.6 Å². The molecule has 0 radical (unpaired) electrons. The second-order valence-corrected chi connectivity index (χ2v) is 12.7. The highest BCUT2D eigenvalue weighted by Crippen LogP contribution is 2.50. The zero-order valence-corrected chi connectivity index (χ0v) is 25.2. The van der Waals surface area contributed by atoms with E-state index in [0.717, 1.165) is 23.9 Å². The minimum Gasteiger partial charge on any atom is -0.462 e. The van der Waals surface area contributed by atoms with E-state index in [1.165, 1.54) is 0 Å². The third-order valence-corrected chi connectivity index (χ3v) is 8.85. The summed E-state index contributed by atoms with van der Waals surface area (Å²) in [7, 11) is -1.80. The number of ether oxygens (including phenoxy) is 2. The number of nitrogens with zero attached hydrogens (tertiary/aromatic N) is 1. The topological polar surface area (TPSA) is 132 Å². The fraction of sp³-hybridized carbons (Fsp3) is 0.444. The second-order valence-electron chi connectivity index (χ2n) is 10.2. The molecule has 1 fully saturated rings. The van der Waals surface area contributed by atoms with Crippen molar-refractivity contribution in [2.75, 3.05) is 6.16 Å². The van der Waals surface area contributed by atoms with E-state index in [0.29, 0.717) is 10.3 Å². The predicted octanol–water partition coefficient (Wildman–Crippen LogP) is 4.45. The molecule has 1 aromatic heterocycles. The van der Waals surface area contributed by atoms with Gasteiger partial charge in [-0.15, -0.1) is 0 Å². The van der Waals surface area contributed by atoms with Crippen molar-refractivity contribution < 1.29 is 32.7 Å². The van der Waals surface area contributed by atoms with Gasteiger partial charge in [0.2, 0.25) is 5.85 Å². The first-order chi connectivity index (χ1) is 19.2. The molecule has 1 aliphatic rings. The number of H-pyrrole nitrogens is 1. The maximum Gasteiger partial charge on any atom is 0.330 e. The summed E-state index contributed by atoms with van der Waals surface area (Å²) >= 11 is 2.96. The maximum absolute atomic E-state index is 16.1. The number of esters is 1. The van der Waals surface area contributed by atoms with E-state index in [1.54, 1.807) is 32.9 Å². The molecule has 1 unspecified atom stereocenters. The molecule has 3 aromatic rings. The molecule has 0 spiro atoms. The normalized spacial score (nSPS) is 25.8. The second kappa shape index (κ2) is 12.3. The number of carbonyl (C=O) groups is 1. The molecule has 6 atom stereocenters. The lowest BCUT2D eigenvalue weighted by atomic mass is 9.95. The smallest absolute Gasteiger partial charge is 0.330 e. The number of aromatic nitrogens is 2. The Kier molecular flexibility index (Phi) is 9.35. The highest BCUT2D eigenvalue weighted by molar-refractivity contribution is 9.10. The number of benzene rings is 2. The molecular formula is C27H31BrF2N3O7P. The van der Waals surface area contributed by atoms with Crippen molar-refractivity contribution >= 4 is 41.0 Å². The van der Waals surface area contributed by atoms with Crippen molar-refractivity contribution in [1.29, 1.82) is 0 Å². The van der Waals surface area contributed by atoms with Gasteiger partial charge in [0.05, 0.1) is 10.6 Å². The predicted molar refractivity (Wildman–Crippen MR) is 153 cm³/mol. The number of hydrogen-bond donors (Lipinski definition) is 3. The third kappa shape index (κ3) is 6.86. The molecule has 0 amide bonds. The molecule has 0 saturated carbocycles. The van der Waals surface area contributed by atoms with Crippen LogP contribution in [-0.2, 0) is 14.3 Å². The lowest BCUT2D eigenvalue weighted by Crippen LogP contribution is -2.46. The minimum absolute atomic E-state index is 0.110. The first-order valence-corrected chi connectivity index (χ1v) is 15.1. The summed E-state index contributed by atoms with van der Waals surface area (Å²) in [6, 6.07) is 12.2. The molecule has 41 heavy (non-hydrogen) atoms. The van der Waals surface area contributed by atoms with Gasteiger partial charge in [-0.05, 0) is 66.5 Å². The molecule has 4 rings (SSSR count). The van der Waals surface area contributed by atoms with Crippen molar-refractivity contribution in [3.8, 4) is 5.75 Å². The van der Waals surface area contributed by atoms with Crippen molar-refractivity contribution in [3.05, 3.63) is 74.0 Å². The van der Waals surface area contributed by atoms with Gasteiger partial charge in [0.15, 0.2) is 26.3 Å². The number of aromatic amines is 1. The molecule has 0 bridgehead atoms. The molecule has 0 aliphatic carbocycles. The minimum atomic E-state index is -2.94. The molecule has 1 saturated heterocycles. The van der Waals surface area contributed by atoms with E-state index in [4.69, 9.17) is 14.0 Å². The van der Waals surface area contributed by atoms with Gasteiger partial charge in [-0.3, -0.25) is 24.2 Å². The Hall–Kier alpha value is -2.70. The first kappa shape index (κ1) is 31.2. The molecule has 10 nitrogen and oxygen atoms in total. The lowest BCUT2D eigenvalue weighted by Gasteiger charge is -2.28. The largest absolute Gasteiger partial charge is 0.462 e. The zero-order chi connectivity index (χ0) is 30.1. The quantitative estimate of drug-likeness (QED) is 0.215. The first-order valence-electron chi connectivity index (χ1n) is 12.9. The van der Waals surface area contributed by atoms with Crippen LogP contribution in [0.3, 0.4) is 0 Å². The van der Waals surface area contributed by atoms with Gasteiger partial charge < -0.3 is 19.1 Å². The van der Waals surface area contributed by atoms with E-state index in [1.807, 2.05) is 35.3 Å². The lowest BCUT2D eigenvalue weighted by molar-refractivity contribution is -0.188. The highest BCUT2D eigenvalue weighted by Gasteiger charge is 2.64. The van der Waals surface area contributed by atoms with E-state index in [2.05, 4.69) is 21.0 Å². The van der Waals surface area contributed by atoms with Gasteiger partial charge in [-0.1, -0.05) is 30.3 Å². The number of aliphatic hydroxyl groups excluding tert-OH is 1. The molecule has 222 valence electrons. The van der Waals surface area contributed by atoms with Gasteiger partial charge in [0.25, 0.3) is 5.56 Å². The van der Waals surface area contributed by atoms with E-state index in [9.17, 15) is 19.5 Å². The number of nitrogens with one attached hydrogen (secondary N) is 2. The Balaban J connectivity index is 1.57. The Morgan fingerprint density at radius 2 is 1.90 bits per heavy atom. The monoisotopic (exact) mass is 657 g/mol. The van der Waals surface area contributed by atoms with Crippen LogP contribution < -0.4 is 20.9 Å². The van der Waals surface area contributed by atoms with Crippen LogP contribution in [0.15, 0.2) is 62.7 Å². The number of hydrogen-bond acceptors (Lipinski definition) is 8. The van der Waals surface area contributed by atoms with E-state index >= 15 is 8.78 Å². The van der Waals surface area contributed by atoms with E-state index < -0.39 is 61.8 Å².